The molecule has 0 saturated heterocycles. The number of amides is 1. The number of aromatic nitrogens is 4. The van der Waals surface area contributed by atoms with E-state index in [9.17, 15) is 4.79 Å². The molecule has 0 atom stereocenters. The number of rotatable bonds is 2. The number of primary amides is 1. The zero-order valence-corrected chi connectivity index (χ0v) is 8.98. The number of carbonyl (C=O) groups excluding carboxylic acids is 1. The Morgan fingerprint density at radius 1 is 1.56 bits per heavy atom. The number of nitrogens with zero attached hydrogens (tertiary/aromatic N) is 4. The first-order valence-electron chi connectivity index (χ1n) is 4.80. The maximum Gasteiger partial charge on any atom is 0.228 e. The predicted octanol–water partition coefficient (Wildman–Crippen LogP) is 0.295. The summed E-state index contributed by atoms with van der Waals surface area (Å²) in [5.74, 6) is -0.346. The van der Waals surface area contributed by atoms with Gasteiger partial charge in [-0.25, -0.2) is 4.98 Å². The Kier molecular flexibility index (Phi) is 1.74. The summed E-state index contributed by atoms with van der Waals surface area (Å²) in [4.78, 5) is 15.4. The van der Waals surface area contributed by atoms with Gasteiger partial charge < -0.3 is 5.73 Å². The van der Waals surface area contributed by atoms with Crippen LogP contribution in [-0.4, -0.2) is 25.5 Å². The van der Waals surface area contributed by atoms with Gasteiger partial charge in [-0.2, -0.15) is 0 Å². The molecule has 1 fully saturated rings. The van der Waals surface area contributed by atoms with Gasteiger partial charge in [0.25, 0.3) is 0 Å². The van der Waals surface area contributed by atoms with Crippen molar-refractivity contribution in [3.63, 3.8) is 0 Å². The average molecular weight is 238 g/mol. The van der Waals surface area contributed by atoms with E-state index in [0.717, 1.165) is 12.8 Å². The van der Waals surface area contributed by atoms with Gasteiger partial charge in [0.2, 0.25) is 11.2 Å². The quantitative estimate of drug-likeness (QED) is 0.761. The van der Waals surface area contributed by atoms with Gasteiger partial charge in [0.15, 0.2) is 5.65 Å². The zero-order chi connectivity index (χ0) is 11.3. The summed E-state index contributed by atoms with van der Waals surface area (Å²) >= 11 is 5.88. The topological polar surface area (TPSA) is 86.2 Å². The number of hydrogen-bond acceptors (Lipinski definition) is 4. The summed E-state index contributed by atoms with van der Waals surface area (Å²) in [6.45, 7) is 0. The Labute approximate surface area is 95.4 Å². The van der Waals surface area contributed by atoms with Crippen molar-refractivity contribution < 1.29 is 4.79 Å². The van der Waals surface area contributed by atoms with Crippen molar-refractivity contribution in [2.75, 3.05) is 0 Å². The van der Waals surface area contributed by atoms with Gasteiger partial charge in [-0.1, -0.05) is 0 Å². The zero-order valence-electron chi connectivity index (χ0n) is 8.22. The van der Waals surface area contributed by atoms with Crippen LogP contribution in [0.4, 0.5) is 0 Å². The van der Waals surface area contributed by atoms with Crippen LogP contribution in [0.2, 0.25) is 5.28 Å². The van der Waals surface area contributed by atoms with Gasteiger partial charge in [-0.05, 0) is 24.4 Å². The van der Waals surface area contributed by atoms with Crippen molar-refractivity contribution in [3.8, 4) is 0 Å². The second-order valence-electron chi connectivity index (χ2n) is 3.91. The van der Waals surface area contributed by atoms with E-state index < -0.39 is 5.41 Å². The van der Waals surface area contributed by atoms with E-state index in [1.54, 1.807) is 10.6 Å². The van der Waals surface area contributed by atoms with Crippen LogP contribution in [0.15, 0.2) is 12.5 Å². The second-order valence-corrected chi connectivity index (χ2v) is 4.25. The standard InChI is InChI=1S/C9H8ClN5O/c10-8-12-3-5(6-14-13-4-15(6)8)9(1-2-9)7(11)16/h3-4H,1-2H2,(H2,11,16). The lowest BCUT2D eigenvalue weighted by Crippen LogP contribution is -2.29. The van der Waals surface area contributed by atoms with Crippen molar-refractivity contribution in [1.82, 2.24) is 19.6 Å². The molecular formula is C9H8ClN5O. The molecule has 1 aliphatic rings. The molecule has 0 bridgehead atoms. The number of halogens is 1. The maximum atomic E-state index is 11.4. The molecule has 0 aromatic carbocycles. The number of carbonyl (C=O) groups is 1. The Morgan fingerprint density at radius 3 is 2.94 bits per heavy atom. The largest absolute Gasteiger partial charge is 0.369 e. The summed E-state index contributed by atoms with van der Waals surface area (Å²) < 4.78 is 1.54. The molecule has 2 N–H and O–H groups in total. The molecule has 3 rings (SSSR count). The van der Waals surface area contributed by atoms with Gasteiger partial charge >= 0.3 is 0 Å². The SMILES string of the molecule is NC(=O)C1(c2cnc(Cl)n3cnnc23)CC1. The van der Waals surface area contributed by atoms with Crippen LogP contribution in [0.1, 0.15) is 18.4 Å². The van der Waals surface area contributed by atoms with E-state index in [0.29, 0.717) is 11.2 Å². The van der Waals surface area contributed by atoms with Crippen molar-refractivity contribution in [3.05, 3.63) is 23.4 Å². The normalized spacial score (nSPS) is 17.6. The van der Waals surface area contributed by atoms with Gasteiger partial charge in [0.1, 0.15) is 6.33 Å². The van der Waals surface area contributed by atoms with E-state index in [2.05, 4.69) is 15.2 Å². The third-order valence-electron chi connectivity index (χ3n) is 3.02. The molecule has 82 valence electrons. The fraction of sp³-hybridized carbons (Fsp3) is 0.333. The smallest absolute Gasteiger partial charge is 0.228 e. The minimum Gasteiger partial charge on any atom is -0.369 e. The van der Waals surface area contributed by atoms with E-state index in [4.69, 9.17) is 17.3 Å². The fourth-order valence-electron chi connectivity index (χ4n) is 1.90. The van der Waals surface area contributed by atoms with Crippen LogP contribution in [-0.2, 0) is 10.2 Å². The maximum absolute atomic E-state index is 11.4. The highest BCUT2D eigenvalue weighted by Crippen LogP contribution is 2.48. The molecule has 2 heterocycles. The van der Waals surface area contributed by atoms with Gasteiger partial charge in [-0.3, -0.25) is 9.20 Å². The molecule has 1 aliphatic carbocycles. The van der Waals surface area contributed by atoms with E-state index >= 15 is 0 Å². The molecule has 1 saturated carbocycles. The Morgan fingerprint density at radius 2 is 2.31 bits per heavy atom. The first kappa shape index (κ1) is 9.53. The molecule has 2 aromatic heterocycles. The number of hydrogen-bond donors (Lipinski definition) is 1. The third-order valence-corrected chi connectivity index (χ3v) is 3.30. The van der Waals surface area contributed by atoms with E-state index in [-0.39, 0.29) is 11.2 Å². The predicted molar refractivity (Wildman–Crippen MR) is 55.9 cm³/mol. The molecule has 7 heteroatoms. The first-order chi connectivity index (χ1) is 7.65. The van der Waals surface area contributed by atoms with Crippen molar-refractivity contribution in [2.24, 2.45) is 5.73 Å². The number of nitrogens with two attached hydrogens (primary N) is 1. The lowest BCUT2D eigenvalue weighted by molar-refractivity contribution is -0.120. The van der Waals surface area contributed by atoms with Crippen molar-refractivity contribution >= 4 is 23.2 Å². The van der Waals surface area contributed by atoms with Crippen LogP contribution in [0.3, 0.4) is 0 Å². The van der Waals surface area contributed by atoms with Crippen LogP contribution in [0.25, 0.3) is 5.65 Å². The van der Waals surface area contributed by atoms with E-state index in [1.165, 1.54) is 6.33 Å². The lowest BCUT2D eigenvalue weighted by Gasteiger charge is -2.11. The molecule has 2 aromatic rings. The van der Waals surface area contributed by atoms with Crippen molar-refractivity contribution in [2.45, 2.75) is 18.3 Å². The minimum atomic E-state index is -0.619. The Hall–Kier alpha value is -1.69. The fourth-order valence-corrected chi connectivity index (χ4v) is 2.07. The lowest BCUT2D eigenvalue weighted by atomic mass is 9.98. The molecule has 1 amide bonds. The third kappa shape index (κ3) is 1.07. The minimum absolute atomic E-state index is 0.268. The van der Waals surface area contributed by atoms with Gasteiger partial charge in [0, 0.05) is 11.8 Å². The summed E-state index contributed by atoms with van der Waals surface area (Å²) in [6.07, 6.45) is 4.48. The molecule has 0 aliphatic heterocycles. The van der Waals surface area contributed by atoms with E-state index in [1.807, 2.05) is 0 Å². The molecule has 0 unspecified atom stereocenters. The molecule has 0 radical (unpaired) electrons. The highest BCUT2D eigenvalue weighted by atomic mass is 35.5. The average Bonchev–Trinajstić information content (AvgIpc) is 2.90. The van der Waals surface area contributed by atoms with Gasteiger partial charge in [-0.15, -0.1) is 10.2 Å². The molecular weight excluding hydrogens is 230 g/mol. The summed E-state index contributed by atoms with van der Waals surface area (Å²) in [5, 5.41) is 7.98. The molecule has 0 spiro atoms. The Bertz CT molecular complexity index is 589. The first-order valence-corrected chi connectivity index (χ1v) is 5.17. The van der Waals surface area contributed by atoms with Crippen LogP contribution < -0.4 is 5.73 Å². The summed E-state index contributed by atoms with van der Waals surface area (Å²) in [5.41, 5.74) is 6.05. The van der Waals surface area contributed by atoms with Crippen LogP contribution >= 0.6 is 11.6 Å². The van der Waals surface area contributed by atoms with Crippen LogP contribution in [0.5, 0.6) is 0 Å². The molecule has 6 nitrogen and oxygen atoms in total. The molecule has 16 heavy (non-hydrogen) atoms. The second kappa shape index (κ2) is 2.91. The Balaban J connectivity index is 2.29. The highest BCUT2D eigenvalue weighted by Gasteiger charge is 2.52. The van der Waals surface area contributed by atoms with Crippen LogP contribution in [0, 0.1) is 0 Å². The monoisotopic (exact) mass is 237 g/mol. The summed E-state index contributed by atoms with van der Waals surface area (Å²) in [7, 11) is 0. The summed E-state index contributed by atoms with van der Waals surface area (Å²) in [6, 6.07) is 0. The highest BCUT2D eigenvalue weighted by molar-refractivity contribution is 6.28. The van der Waals surface area contributed by atoms with Crippen molar-refractivity contribution in [1.29, 1.82) is 0 Å². The van der Waals surface area contributed by atoms with Gasteiger partial charge in [0.05, 0.1) is 5.41 Å². The number of fused-ring (bicyclic) bond motifs is 1.